The van der Waals surface area contributed by atoms with Gasteiger partial charge in [0, 0.05) is 30.7 Å². The van der Waals surface area contributed by atoms with Crippen LogP contribution in [0.4, 0.5) is 0 Å². The van der Waals surface area contributed by atoms with Gasteiger partial charge in [0.15, 0.2) is 5.75 Å². The molecule has 1 amide bonds. The number of amides is 1. The SMILES string of the molecule is Cc1c(C(=O)N2CC(C#N)C2)cn2nccc(Oc3ccc4ccccc4c3Cl)c12. The van der Waals surface area contributed by atoms with E-state index in [1.807, 2.05) is 43.3 Å². The highest BCUT2D eigenvalue weighted by molar-refractivity contribution is 6.37. The summed E-state index contributed by atoms with van der Waals surface area (Å²) in [5, 5.41) is 15.8. The largest absolute Gasteiger partial charge is 0.453 e. The van der Waals surface area contributed by atoms with E-state index in [-0.39, 0.29) is 11.8 Å². The van der Waals surface area contributed by atoms with Crippen molar-refractivity contribution in [3.05, 3.63) is 71.0 Å². The van der Waals surface area contributed by atoms with Gasteiger partial charge in [0.05, 0.1) is 28.8 Å². The molecule has 148 valence electrons. The number of nitriles is 1. The van der Waals surface area contributed by atoms with Gasteiger partial charge in [-0.15, -0.1) is 0 Å². The molecule has 0 aliphatic carbocycles. The van der Waals surface area contributed by atoms with E-state index in [0.717, 1.165) is 16.3 Å². The van der Waals surface area contributed by atoms with Gasteiger partial charge in [-0.05, 0) is 23.9 Å². The van der Waals surface area contributed by atoms with Crippen LogP contribution in [0.2, 0.25) is 5.02 Å². The lowest BCUT2D eigenvalue weighted by Gasteiger charge is -2.35. The molecular weight excluding hydrogens is 400 g/mol. The fourth-order valence-corrected chi connectivity index (χ4v) is 4.10. The van der Waals surface area contributed by atoms with Crippen molar-refractivity contribution in [2.24, 2.45) is 5.92 Å². The van der Waals surface area contributed by atoms with Crippen molar-refractivity contribution in [3.8, 4) is 17.6 Å². The minimum Gasteiger partial charge on any atom is -0.453 e. The van der Waals surface area contributed by atoms with Gasteiger partial charge in [-0.3, -0.25) is 4.79 Å². The minimum absolute atomic E-state index is 0.0849. The molecule has 0 spiro atoms. The van der Waals surface area contributed by atoms with E-state index in [1.165, 1.54) is 0 Å². The Kier molecular flexibility index (Phi) is 4.34. The Morgan fingerprint density at radius 3 is 2.80 bits per heavy atom. The maximum absolute atomic E-state index is 12.9. The maximum atomic E-state index is 12.9. The Bertz CT molecular complexity index is 1350. The zero-order valence-corrected chi connectivity index (χ0v) is 16.9. The number of hydrogen-bond donors (Lipinski definition) is 0. The van der Waals surface area contributed by atoms with E-state index >= 15 is 0 Å². The summed E-state index contributed by atoms with van der Waals surface area (Å²) in [4.78, 5) is 14.5. The summed E-state index contributed by atoms with van der Waals surface area (Å²) < 4.78 is 7.83. The first-order valence-electron chi connectivity index (χ1n) is 9.57. The third-order valence-corrected chi connectivity index (χ3v) is 5.91. The summed E-state index contributed by atoms with van der Waals surface area (Å²) >= 11 is 6.60. The van der Waals surface area contributed by atoms with Gasteiger partial charge in [0.2, 0.25) is 0 Å². The van der Waals surface area contributed by atoms with Crippen molar-refractivity contribution < 1.29 is 9.53 Å². The molecule has 0 radical (unpaired) electrons. The zero-order chi connectivity index (χ0) is 20.8. The molecule has 1 saturated heterocycles. The van der Waals surface area contributed by atoms with E-state index in [9.17, 15) is 4.79 Å². The molecule has 3 heterocycles. The van der Waals surface area contributed by atoms with Crippen LogP contribution in [0.1, 0.15) is 15.9 Å². The fraction of sp³-hybridized carbons (Fsp3) is 0.174. The number of halogens is 1. The number of aromatic nitrogens is 2. The van der Waals surface area contributed by atoms with Crippen LogP contribution in [0, 0.1) is 24.2 Å². The molecule has 1 fully saturated rings. The lowest BCUT2D eigenvalue weighted by atomic mass is 10.0. The van der Waals surface area contributed by atoms with Crippen molar-refractivity contribution >= 4 is 33.8 Å². The maximum Gasteiger partial charge on any atom is 0.255 e. The molecule has 0 bridgehead atoms. The highest BCUT2D eigenvalue weighted by Crippen LogP contribution is 2.38. The van der Waals surface area contributed by atoms with Crippen LogP contribution in [-0.2, 0) is 0 Å². The molecule has 7 heteroatoms. The molecule has 2 aromatic carbocycles. The molecule has 6 nitrogen and oxygen atoms in total. The average molecular weight is 417 g/mol. The molecule has 1 aliphatic rings. The van der Waals surface area contributed by atoms with Gasteiger partial charge in [0.1, 0.15) is 11.3 Å². The van der Waals surface area contributed by atoms with E-state index in [2.05, 4.69) is 11.2 Å². The number of hydrogen-bond acceptors (Lipinski definition) is 4. The van der Waals surface area contributed by atoms with Gasteiger partial charge in [-0.25, -0.2) is 4.52 Å². The lowest BCUT2D eigenvalue weighted by Crippen LogP contribution is -2.49. The second-order valence-corrected chi connectivity index (χ2v) is 7.77. The number of ether oxygens (including phenoxy) is 1. The monoisotopic (exact) mass is 416 g/mol. The summed E-state index contributed by atoms with van der Waals surface area (Å²) in [5.41, 5.74) is 2.04. The second kappa shape index (κ2) is 7.05. The van der Waals surface area contributed by atoms with Crippen molar-refractivity contribution in [1.82, 2.24) is 14.5 Å². The van der Waals surface area contributed by atoms with Crippen LogP contribution < -0.4 is 4.74 Å². The van der Waals surface area contributed by atoms with Crippen LogP contribution >= 0.6 is 11.6 Å². The normalized spacial score (nSPS) is 14.0. The molecule has 0 N–H and O–H groups in total. The van der Waals surface area contributed by atoms with Gasteiger partial charge in [-0.2, -0.15) is 10.4 Å². The molecule has 0 saturated carbocycles. The van der Waals surface area contributed by atoms with Gasteiger partial charge in [0.25, 0.3) is 5.91 Å². The number of carbonyl (C=O) groups is 1. The standard InChI is InChI=1S/C23H17ClN4O2/c1-14-18(23(29)27-11-15(10-25)12-27)13-28-22(14)20(8-9-26-28)30-19-7-6-16-4-2-3-5-17(16)21(19)24/h2-9,13,15H,11-12H2,1H3. The third-order valence-electron chi connectivity index (χ3n) is 5.52. The molecule has 1 aliphatic heterocycles. The molecule has 4 aromatic rings. The number of fused-ring (bicyclic) bond motifs is 2. The molecule has 5 rings (SSSR count). The molecule has 0 atom stereocenters. The molecular formula is C23H17ClN4O2. The first kappa shape index (κ1) is 18.5. The second-order valence-electron chi connectivity index (χ2n) is 7.39. The van der Waals surface area contributed by atoms with Crippen LogP contribution in [0.5, 0.6) is 11.5 Å². The smallest absolute Gasteiger partial charge is 0.255 e. The van der Waals surface area contributed by atoms with E-state index in [0.29, 0.717) is 40.7 Å². The first-order valence-corrected chi connectivity index (χ1v) is 9.95. The fourth-order valence-electron chi connectivity index (χ4n) is 3.83. The van der Waals surface area contributed by atoms with Gasteiger partial charge >= 0.3 is 0 Å². The lowest BCUT2D eigenvalue weighted by molar-refractivity contribution is 0.0576. The van der Waals surface area contributed by atoms with Crippen LogP contribution in [0.15, 0.2) is 54.9 Å². The molecule has 0 unspecified atom stereocenters. The Labute approximate surface area is 177 Å². The number of aryl methyl sites for hydroxylation is 1. The van der Waals surface area contributed by atoms with E-state index < -0.39 is 0 Å². The van der Waals surface area contributed by atoms with Gasteiger partial charge in [-0.1, -0.05) is 41.9 Å². The Morgan fingerprint density at radius 2 is 2.00 bits per heavy atom. The van der Waals surface area contributed by atoms with Crippen molar-refractivity contribution in [2.75, 3.05) is 13.1 Å². The highest BCUT2D eigenvalue weighted by atomic mass is 35.5. The number of rotatable bonds is 3. The average Bonchev–Trinajstić information content (AvgIpc) is 3.07. The number of nitrogens with zero attached hydrogens (tertiary/aromatic N) is 4. The highest BCUT2D eigenvalue weighted by Gasteiger charge is 2.33. The quantitative estimate of drug-likeness (QED) is 0.479. The van der Waals surface area contributed by atoms with Crippen LogP contribution in [0.25, 0.3) is 16.3 Å². The predicted octanol–water partition coefficient (Wildman–Crippen LogP) is 4.84. The Hall–Kier alpha value is -3.56. The topological polar surface area (TPSA) is 70.6 Å². The van der Waals surface area contributed by atoms with E-state index in [1.54, 1.807) is 27.9 Å². The Morgan fingerprint density at radius 1 is 1.20 bits per heavy atom. The third kappa shape index (κ3) is 2.87. The summed E-state index contributed by atoms with van der Waals surface area (Å²) in [6.45, 7) is 2.80. The predicted molar refractivity (Wildman–Crippen MR) is 114 cm³/mol. The van der Waals surface area contributed by atoms with Crippen LogP contribution in [0.3, 0.4) is 0 Å². The summed E-state index contributed by atoms with van der Waals surface area (Å²) in [7, 11) is 0. The molecule has 30 heavy (non-hydrogen) atoms. The summed E-state index contributed by atoms with van der Waals surface area (Å²) in [6.07, 6.45) is 3.34. The minimum atomic E-state index is -0.0980. The van der Waals surface area contributed by atoms with Crippen molar-refractivity contribution in [1.29, 1.82) is 5.26 Å². The molecule has 2 aromatic heterocycles. The van der Waals surface area contributed by atoms with Crippen molar-refractivity contribution in [3.63, 3.8) is 0 Å². The number of likely N-dealkylation sites (tertiary alicyclic amines) is 1. The number of carbonyl (C=O) groups excluding carboxylic acids is 1. The number of benzene rings is 2. The van der Waals surface area contributed by atoms with Crippen LogP contribution in [-0.4, -0.2) is 33.5 Å². The summed E-state index contributed by atoms with van der Waals surface area (Å²) in [6, 6.07) is 15.6. The zero-order valence-electron chi connectivity index (χ0n) is 16.2. The van der Waals surface area contributed by atoms with Gasteiger partial charge < -0.3 is 9.64 Å². The van der Waals surface area contributed by atoms with E-state index in [4.69, 9.17) is 21.6 Å². The van der Waals surface area contributed by atoms with Crippen molar-refractivity contribution in [2.45, 2.75) is 6.92 Å². The first-order chi connectivity index (χ1) is 14.6. The summed E-state index contributed by atoms with van der Waals surface area (Å²) in [5.74, 6) is 0.923. The Balaban J connectivity index is 1.53.